The maximum atomic E-state index is 13.2. The molecule has 4 nitrogen and oxygen atoms in total. The molecule has 0 spiro atoms. The van der Waals surface area contributed by atoms with Crippen LogP contribution in [0.2, 0.25) is 0 Å². The van der Waals surface area contributed by atoms with Crippen molar-refractivity contribution in [2.75, 3.05) is 0 Å². The number of carbonyl (C=O) groups excluding carboxylic acids is 1. The third-order valence-electron chi connectivity index (χ3n) is 5.32. The lowest BCUT2D eigenvalue weighted by Gasteiger charge is -2.42. The van der Waals surface area contributed by atoms with E-state index in [9.17, 15) is 15.0 Å². The van der Waals surface area contributed by atoms with Gasteiger partial charge in [-0.2, -0.15) is 0 Å². The third kappa shape index (κ3) is 3.80. The third-order valence-corrected chi connectivity index (χ3v) is 5.32. The predicted molar refractivity (Wildman–Crippen MR) is 89.7 cm³/mol. The van der Waals surface area contributed by atoms with Gasteiger partial charge in [-0.05, 0) is 37.8 Å². The van der Waals surface area contributed by atoms with Crippen LogP contribution in [0.25, 0.3) is 0 Å². The van der Waals surface area contributed by atoms with Crippen LogP contribution in [0.3, 0.4) is 0 Å². The van der Waals surface area contributed by atoms with Gasteiger partial charge in [-0.1, -0.05) is 38.5 Å². The first kappa shape index (κ1) is 16.2. The predicted octanol–water partition coefficient (Wildman–Crippen LogP) is 4.21. The Labute approximate surface area is 138 Å². The number of amides is 1. The Morgan fingerprint density at radius 2 is 1.22 bits per heavy atom. The van der Waals surface area contributed by atoms with Gasteiger partial charge in [0.25, 0.3) is 5.91 Å². The molecule has 0 heterocycles. The number of rotatable bonds is 3. The van der Waals surface area contributed by atoms with Crippen LogP contribution in [0.5, 0.6) is 11.5 Å². The van der Waals surface area contributed by atoms with Crippen LogP contribution < -0.4 is 0 Å². The molecule has 2 aliphatic carbocycles. The summed E-state index contributed by atoms with van der Waals surface area (Å²) in [5.41, 5.74) is 0.402. The molecule has 0 saturated heterocycles. The van der Waals surface area contributed by atoms with E-state index in [-0.39, 0.29) is 17.4 Å². The summed E-state index contributed by atoms with van der Waals surface area (Å²) in [4.78, 5) is 15.2. The number of nitrogens with zero attached hydrogens (tertiary/aromatic N) is 1. The second-order valence-corrected chi connectivity index (χ2v) is 7.03. The highest BCUT2D eigenvalue weighted by atomic mass is 16.3. The van der Waals surface area contributed by atoms with Crippen LogP contribution in [0.1, 0.15) is 74.6 Å². The lowest BCUT2D eigenvalue weighted by Crippen LogP contribution is -2.48. The minimum Gasteiger partial charge on any atom is -0.508 e. The molecule has 2 N–H and O–H groups in total. The monoisotopic (exact) mass is 317 g/mol. The van der Waals surface area contributed by atoms with Crippen LogP contribution in [0.15, 0.2) is 18.2 Å². The average molecular weight is 317 g/mol. The molecule has 0 atom stereocenters. The normalized spacial score (nSPS) is 20.3. The average Bonchev–Trinajstić information content (AvgIpc) is 2.56. The van der Waals surface area contributed by atoms with Gasteiger partial charge in [0.05, 0.1) is 0 Å². The quantitative estimate of drug-likeness (QED) is 0.878. The van der Waals surface area contributed by atoms with Crippen molar-refractivity contribution >= 4 is 5.91 Å². The van der Waals surface area contributed by atoms with E-state index in [0.717, 1.165) is 25.7 Å². The van der Waals surface area contributed by atoms with Crippen molar-refractivity contribution in [1.29, 1.82) is 0 Å². The molecule has 126 valence electrons. The van der Waals surface area contributed by atoms with Gasteiger partial charge in [0, 0.05) is 23.7 Å². The van der Waals surface area contributed by atoms with E-state index in [1.165, 1.54) is 56.7 Å². The fraction of sp³-hybridized carbons (Fsp3) is 0.632. The van der Waals surface area contributed by atoms with E-state index in [4.69, 9.17) is 0 Å². The van der Waals surface area contributed by atoms with Crippen molar-refractivity contribution in [3.8, 4) is 11.5 Å². The largest absolute Gasteiger partial charge is 0.508 e. The molecule has 1 amide bonds. The first-order chi connectivity index (χ1) is 11.1. The summed E-state index contributed by atoms with van der Waals surface area (Å²) in [6.07, 6.45) is 11.6. The molecule has 2 aliphatic rings. The van der Waals surface area contributed by atoms with Crippen molar-refractivity contribution in [3.05, 3.63) is 23.8 Å². The Hall–Kier alpha value is -1.71. The van der Waals surface area contributed by atoms with E-state index in [1.807, 2.05) is 0 Å². The van der Waals surface area contributed by atoms with Crippen molar-refractivity contribution in [3.63, 3.8) is 0 Å². The Balaban J connectivity index is 1.87. The van der Waals surface area contributed by atoms with Crippen molar-refractivity contribution in [2.24, 2.45) is 0 Å². The molecule has 0 radical (unpaired) electrons. The van der Waals surface area contributed by atoms with Gasteiger partial charge in [0.2, 0.25) is 0 Å². The number of hydrogen-bond donors (Lipinski definition) is 2. The maximum absolute atomic E-state index is 13.2. The standard InChI is InChI=1S/C19H27NO3/c21-17-11-14(12-18(22)13-17)19(23)20(15-7-3-1-4-8-15)16-9-5-2-6-10-16/h11-13,15-16,21-22H,1-10H2. The van der Waals surface area contributed by atoms with Crippen LogP contribution in [-0.2, 0) is 0 Å². The molecule has 2 fully saturated rings. The summed E-state index contributed by atoms with van der Waals surface area (Å²) in [6, 6.07) is 4.83. The second kappa shape index (κ2) is 7.24. The van der Waals surface area contributed by atoms with Crippen LogP contribution >= 0.6 is 0 Å². The highest BCUT2D eigenvalue weighted by molar-refractivity contribution is 5.95. The molecule has 23 heavy (non-hydrogen) atoms. The molecular formula is C19H27NO3. The molecule has 2 saturated carbocycles. The Bertz CT molecular complexity index is 507. The van der Waals surface area contributed by atoms with Gasteiger partial charge < -0.3 is 15.1 Å². The Morgan fingerprint density at radius 1 is 0.783 bits per heavy atom. The SMILES string of the molecule is O=C(c1cc(O)cc(O)c1)N(C1CCCCC1)C1CCCCC1. The maximum Gasteiger partial charge on any atom is 0.254 e. The smallest absolute Gasteiger partial charge is 0.254 e. The minimum absolute atomic E-state index is 0.0324. The van der Waals surface area contributed by atoms with E-state index >= 15 is 0 Å². The summed E-state index contributed by atoms with van der Waals surface area (Å²) in [5, 5.41) is 19.4. The lowest BCUT2D eigenvalue weighted by atomic mass is 9.88. The zero-order valence-corrected chi connectivity index (χ0v) is 13.7. The number of aromatic hydroxyl groups is 2. The fourth-order valence-electron chi connectivity index (χ4n) is 4.22. The van der Waals surface area contributed by atoms with Gasteiger partial charge in [-0.3, -0.25) is 4.79 Å². The van der Waals surface area contributed by atoms with Gasteiger partial charge in [0.1, 0.15) is 11.5 Å². The Morgan fingerprint density at radius 3 is 1.65 bits per heavy atom. The summed E-state index contributed by atoms with van der Waals surface area (Å²) in [6.45, 7) is 0. The van der Waals surface area contributed by atoms with E-state index in [2.05, 4.69) is 4.90 Å². The zero-order valence-electron chi connectivity index (χ0n) is 13.7. The molecule has 0 unspecified atom stereocenters. The highest BCUT2D eigenvalue weighted by Crippen LogP contribution is 2.32. The summed E-state index contributed by atoms with van der Waals surface area (Å²) < 4.78 is 0. The summed E-state index contributed by atoms with van der Waals surface area (Å²) >= 11 is 0. The number of phenolic OH excluding ortho intramolecular Hbond substituents is 2. The number of carbonyl (C=O) groups is 1. The van der Waals surface area contributed by atoms with Gasteiger partial charge in [-0.15, -0.1) is 0 Å². The van der Waals surface area contributed by atoms with Gasteiger partial charge in [0.15, 0.2) is 0 Å². The lowest BCUT2D eigenvalue weighted by molar-refractivity contribution is 0.0447. The number of hydrogen-bond acceptors (Lipinski definition) is 3. The Kier molecular flexibility index (Phi) is 5.09. The van der Waals surface area contributed by atoms with Crippen LogP contribution in [0.4, 0.5) is 0 Å². The fourth-order valence-corrected chi connectivity index (χ4v) is 4.22. The molecule has 1 aromatic rings. The molecule has 1 aromatic carbocycles. The van der Waals surface area contributed by atoms with Crippen LogP contribution in [-0.4, -0.2) is 33.1 Å². The molecular weight excluding hydrogens is 290 g/mol. The van der Waals surface area contributed by atoms with E-state index < -0.39 is 0 Å². The van der Waals surface area contributed by atoms with E-state index in [0.29, 0.717) is 17.6 Å². The van der Waals surface area contributed by atoms with Crippen molar-refractivity contribution in [1.82, 2.24) is 4.90 Å². The van der Waals surface area contributed by atoms with Gasteiger partial charge in [-0.25, -0.2) is 0 Å². The molecule has 3 rings (SSSR count). The van der Waals surface area contributed by atoms with Gasteiger partial charge >= 0.3 is 0 Å². The second-order valence-electron chi connectivity index (χ2n) is 7.03. The first-order valence-corrected chi connectivity index (χ1v) is 9.01. The number of benzene rings is 1. The molecule has 0 aromatic heterocycles. The van der Waals surface area contributed by atoms with Crippen LogP contribution in [0, 0.1) is 0 Å². The van der Waals surface area contributed by atoms with Crippen molar-refractivity contribution < 1.29 is 15.0 Å². The molecule has 0 bridgehead atoms. The topological polar surface area (TPSA) is 60.8 Å². The molecule has 4 heteroatoms. The summed E-state index contributed by atoms with van der Waals surface area (Å²) in [7, 11) is 0. The minimum atomic E-state index is -0.0550. The number of phenols is 2. The van der Waals surface area contributed by atoms with E-state index in [1.54, 1.807) is 0 Å². The van der Waals surface area contributed by atoms with Crippen molar-refractivity contribution in [2.45, 2.75) is 76.3 Å². The zero-order chi connectivity index (χ0) is 16.2. The molecule has 0 aliphatic heterocycles. The summed E-state index contributed by atoms with van der Waals surface area (Å²) in [5.74, 6) is -0.142. The highest BCUT2D eigenvalue weighted by Gasteiger charge is 2.33. The first-order valence-electron chi connectivity index (χ1n) is 9.01.